The predicted molar refractivity (Wildman–Crippen MR) is 118 cm³/mol. The van der Waals surface area contributed by atoms with Crippen LogP contribution in [-0.2, 0) is 32.0 Å². The highest BCUT2D eigenvalue weighted by Gasteiger charge is 2.24. The molecular formula is C24H27N3O5. The molecule has 1 N–H and O–H groups in total. The van der Waals surface area contributed by atoms with Crippen LogP contribution in [-0.4, -0.2) is 48.8 Å². The molecule has 1 heterocycles. The van der Waals surface area contributed by atoms with Crippen molar-refractivity contribution in [2.75, 3.05) is 21.3 Å². The Balaban J connectivity index is 1.70. The smallest absolute Gasteiger partial charge is 0.328 e. The van der Waals surface area contributed by atoms with Crippen molar-refractivity contribution in [1.82, 2.24) is 14.9 Å². The number of carbonyl (C=O) groups is 2. The van der Waals surface area contributed by atoms with Crippen molar-refractivity contribution < 1.29 is 23.8 Å². The topological polar surface area (TPSA) is 91.7 Å². The van der Waals surface area contributed by atoms with Crippen molar-refractivity contribution in [3.05, 3.63) is 89.5 Å². The first-order valence-corrected chi connectivity index (χ1v) is 10.1. The molecule has 2 aromatic carbocycles. The first kappa shape index (κ1) is 23.2. The number of nitrogens with one attached hydrogen (secondary N) is 1. The third kappa shape index (κ3) is 6.03. The summed E-state index contributed by atoms with van der Waals surface area (Å²) in [7, 11) is 4.33. The zero-order valence-corrected chi connectivity index (χ0v) is 18.4. The van der Waals surface area contributed by atoms with Crippen LogP contribution in [0.5, 0.6) is 0 Å². The standard InChI is InChI=1S/C24H27N3O5/c1-30-23(29)21(13-20-15-27(16-25-20)14-17-8-5-4-6-9-17)26-22(28)18-10-7-11-19(12-18)24(31-2)32-3/h4-12,15-16,21,24H,13-14H2,1-3H3,(H,26,28)/t21-/m0/s1. The van der Waals surface area contributed by atoms with E-state index in [4.69, 9.17) is 14.2 Å². The first-order chi connectivity index (χ1) is 15.5. The van der Waals surface area contributed by atoms with Crippen LogP contribution >= 0.6 is 0 Å². The lowest BCUT2D eigenvalue weighted by molar-refractivity contribution is -0.142. The Morgan fingerprint density at radius 2 is 1.78 bits per heavy atom. The molecule has 32 heavy (non-hydrogen) atoms. The minimum atomic E-state index is -0.878. The molecule has 0 unspecified atom stereocenters. The van der Waals surface area contributed by atoms with Gasteiger partial charge in [0.1, 0.15) is 6.04 Å². The summed E-state index contributed by atoms with van der Waals surface area (Å²) >= 11 is 0. The zero-order valence-electron chi connectivity index (χ0n) is 18.4. The summed E-state index contributed by atoms with van der Waals surface area (Å²) in [5, 5.41) is 2.75. The van der Waals surface area contributed by atoms with Crippen molar-refractivity contribution in [2.45, 2.75) is 25.3 Å². The van der Waals surface area contributed by atoms with Crippen LogP contribution in [0.3, 0.4) is 0 Å². The highest BCUT2D eigenvalue weighted by molar-refractivity contribution is 5.97. The van der Waals surface area contributed by atoms with E-state index in [9.17, 15) is 9.59 Å². The number of hydrogen-bond acceptors (Lipinski definition) is 6. The van der Waals surface area contributed by atoms with Crippen LogP contribution in [0.2, 0.25) is 0 Å². The molecule has 1 amide bonds. The molecule has 1 aromatic heterocycles. The summed E-state index contributed by atoms with van der Waals surface area (Å²) in [4.78, 5) is 29.6. The maximum Gasteiger partial charge on any atom is 0.328 e. The molecule has 0 saturated heterocycles. The highest BCUT2D eigenvalue weighted by atomic mass is 16.7. The van der Waals surface area contributed by atoms with Crippen molar-refractivity contribution >= 4 is 11.9 Å². The average Bonchev–Trinajstić information content (AvgIpc) is 3.26. The zero-order chi connectivity index (χ0) is 22.9. The van der Waals surface area contributed by atoms with E-state index in [0.717, 1.165) is 5.56 Å². The van der Waals surface area contributed by atoms with Crippen molar-refractivity contribution in [2.24, 2.45) is 0 Å². The van der Waals surface area contributed by atoms with Crippen LogP contribution in [0.15, 0.2) is 67.1 Å². The number of aromatic nitrogens is 2. The molecule has 0 saturated carbocycles. The van der Waals surface area contributed by atoms with Crippen molar-refractivity contribution in [1.29, 1.82) is 0 Å². The molecule has 0 aliphatic rings. The molecular weight excluding hydrogens is 410 g/mol. The fourth-order valence-electron chi connectivity index (χ4n) is 3.37. The van der Waals surface area contributed by atoms with Crippen LogP contribution in [0.4, 0.5) is 0 Å². The summed E-state index contributed by atoms with van der Waals surface area (Å²) in [6.45, 7) is 0.663. The number of benzene rings is 2. The lowest BCUT2D eigenvalue weighted by Crippen LogP contribution is -2.43. The molecule has 0 spiro atoms. The van der Waals surface area contributed by atoms with E-state index < -0.39 is 24.2 Å². The van der Waals surface area contributed by atoms with Gasteiger partial charge in [-0.05, 0) is 17.7 Å². The van der Waals surface area contributed by atoms with E-state index in [1.165, 1.54) is 21.3 Å². The van der Waals surface area contributed by atoms with Crippen molar-refractivity contribution in [3.8, 4) is 0 Å². The van der Waals surface area contributed by atoms with Crippen LogP contribution < -0.4 is 5.32 Å². The Labute approximate surface area is 187 Å². The third-order valence-corrected chi connectivity index (χ3v) is 4.95. The van der Waals surface area contributed by atoms with Gasteiger partial charge in [0.05, 0.1) is 19.1 Å². The minimum absolute atomic E-state index is 0.207. The number of esters is 1. The Morgan fingerprint density at radius 3 is 2.47 bits per heavy atom. The van der Waals surface area contributed by atoms with Crippen molar-refractivity contribution in [3.63, 3.8) is 0 Å². The molecule has 168 valence electrons. The molecule has 0 aliphatic carbocycles. The van der Waals surface area contributed by atoms with E-state index >= 15 is 0 Å². The Bertz CT molecular complexity index is 1030. The molecule has 8 heteroatoms. The van der Waals surface area contributed by atoms with Gasteiger partial charge in [-0.2, -0.15) is 0 Å². The molecule has 0 fully saturated rings. The minimum Gasteiger partial charge on any atom is -0.467 e. The summed E-state index contributed by atoms with van der Waals surface area (Å²) in [5.41, 5.74) is 2.88. The van der Waals surface area contributed by atoms with E-state index in [1.54, 1.807) is 30.6 Å². The summed E-state index contributed by atoms with van der Waals surface area (Å²) in [6.07, 6.45) is 3.18. The number of methoxy groups -OCH3 is 3. The number of amides is 1. The Morgan fingerprint density at radius 1 is 1.03 bits per heavy atom. The molecule has 0 aliphatic heterocycles. The maximum atomic E-state index is 12.8. The van der Waals surface area contributed by atoms with E-state index in [1.807, 2.05) is 41.1 Å². The van der Waals surface area contributed by atoms with Crippen LogP contribution in [0.1, 0.15) is 33.5 Å². The lowest BCUT2D eigenvalue weighted by Gasteiger charge is -2.17. The normalized spacial score (nSPS) is 11.9. The van der Waals surface area contributed by atoms with Gasteiger partial charge in [-0.15, -0.1) is 0 Å². The van der Waals surface area contributed by atoms with Gasteiger partial charge >= 0.3 is 5.97 Å². The summed E-state index contributed by atoms with van der Waals surface area (Å²) in [6, 6.07) is 16.0. The second kappa shape index (κ2) is 11.2. The first-order valence-electron chi connectivity index (χ1n) is 10.1. The Hall–Kier alpha value is -3.49. The van der Waals surface area contributed by atoms with Gasteiger partial charge in [-0.25, -0.2) is 9.78 Å². The Kier molecular flexibility index (Phi) is 8.13. The SMILES string of the molecule is COC(=O)[C@H](Cc1cn(Cc2ccccc2)cn1)NC(=O)c1cccc(C(OC)OC)c1. The number of hydrogen-bond donors (Lipinski definition) is 1. The number of carbonyl (C=O) groups excluding carboxylic acids is 2. The van der Waals surface area contributed by atoms with Gasteiger partial charge in [0.15, 0.2) is 6.29 Å². The van der Waals surface area contributed by atoms with E-state index in [0.29, 0.717) is 23.4 Å². The second-order valence-corrected chi connectivity index (χ2v) is 7.21. The molecule has 1 atom stereocenters. The highest BCUT2D eigenvalue weighted by Crippen LogP contribution is 2.18. The number of nitrogens with zero attached hydrogens (tertiary/aromatic N) is 2. The number of rotatable bonds is 10. The molecule has 0 bridgehead atoms. The van der Waals surface area contributed by atoms with Gasteiger partial charge in [0.2, 0.25) is 0 Å². The summed E-state index contributed by atoms with van der Waals surface area (Å²) < 4.78 is 17.3. The van der Waals surface area contributed by atoms with Gasteiger partial charge in [-0.1, -0.05) is 42.5 Å². The second-order valence-electron chi connectivity index (χ2n) is 7.21. The quantitative estimate of drug-likeness (QED) is 0.387. The van der Waals surface area contributed by atoms with Gasteiger partial charge in [0.25, 0.3) is 5.91 Å². The fraction of sp³-hybridized carbons (Fsp3) is 0.292. The molecule has 3 rings (SSSR count). The van der Waals surface area contributed by atoms with Gasteiger partial charge in [0, 0.05) is 44.5 Å². The largest absolute Gasteiger partial charge is 0.467 e. The third-order valence-electron chi connectivity index (χ3n) is 4.95. The molecule has 0 radical (unpaired) electrons. The predicted octanol–water partition coefficient (Wildman–Crippen LogP) is 2.74. The maximum absolute atomic E-state index is 12.8. The monoisotopic (exact) mass is 437 g/mol. The molecule has 8 nitrogen and oxygen atoms in total. The van der Waals surface area contributed by atoms with Gasteiger partial charge < -0.3 is 24.1 Å². The van der Waals surface area contributed by atoms with E-state index in [-0.39, 0.29) is 6.42 Å². The van der Waals surface area contributed by atoms with E-state index in [2.05, 4.69) is 10.3 Å². The fourth-order valence-corrected chi connectivity index (χ4v) is 3.37. The summed E-state index contributed by atoms with van der Waals surface area (Å²) in [5.74, 6) is -0.948. The van der Waals surface area contributed by atoms with Gasteiger partial charge in [-0.3, -0.25) is 4.79 Å². The van der Waals surface area contributed by atoms with Crippen LogP contribution in [0.25, 0.3) is 0 Å². The van der Waals surface area contributed by atoms with Crippen LogP contribution in [0, 0.1) is 0 Å². The lowest BCUT2D eigenvalue weighted by atomic mass is 10.1. The average molecular weight is 437 g/mol. The molecule has 3 aromatic rings. The number of imidazole rings is 1. The number of ether oxygens (including phenoxy) is 3.